The molecule has 128 valence electrons. The molecule has 3 aliphatic rings. The molecule has 2 heterocycles. The van der Waals surface area contributed by atoms with E-state index in [9.17, 15) is 9.90 Å². The third-order valence-corrected chi connectivity index (χ3v) is 5.72. The Bertz CT molecular complexity index is 850. The van der Waals surface area contributed by atoms with Gasteiger partial charge in [0, 0.05) is 17.5 Å². The van der Waals surface area contributed by atoms with Gasteiger partial charge in [-0.3, -0.25) is 4.79 Å². The van der Waals surface area contributed by atoms with Crippen LogP contribution in [0.1, 0.15) is 36.3 Å². The highest BCUT2D eigenvalue weighted by Gasteiger charge is 2.56. The quantitative estimate of drug-likeness (QED) is 0.915. The molecule has 1 fully saturated rings. The maximum atomic E-state index is 12.8. The predicted molar refractivity (Wildman–Crippen MR) is 92.1 cm³/mol. The van der Waals surface area contributed by atoms with Crippen LogP contribution in [0.4, 0.5) is 5.69 Å². The van der Waals surface area contributed by atoms with Crippen LogP contribution in [0.25, 0.3) is 0 Å². The first-order valence-electron chi connectivity index (χ1n) is 8.70. The molecule has 2 aromatic carbocycles. The SMILES string of the molecule is CC[C@H]1c2cc3c(cc2[C@H]2[C@@H]1N(c1ccccc1)C(=O)[C@H]2O)OCO3. The van der Waals surface area contributed by atoms with Crippen molar-refractivity contribution in [2.45, 2.75) is 37.3 Å². The Labute approximate surface area is 145 Å². The lowest BCUT2D eigenvalue weighted by Crippen LogP contribution is -2.37. The Morgan fingerprint density at radius 1 is 1.12 bits per heavy atom. The van der Waals surface area contributed by atoms with Crippen LogP contribution in [-0.4, -0.2) is 30.0 Å². The number of amides is 1. The second-order valence-corrected chi connectivity index (χ2v) is 6.85. The van der Waals surface area contributed by atoms with Gasteiger partial charge in [0.1, 0.15) is 6.10 Å². The number of benzene rings is 2. The van der Waals surface area contributed by atoms with Crippen molar-refractivity contribution in [3.05, 3.63) is 53.6 Å². The largest absolute Gasteiger partial charge is 0.454 e. The number of ether oxygens (including phenoxy) is 2. The maximum Gasteiger partial charge on any atom is 0.256 e. The van der Waals surface area contributed by atoms with Crippen LogP contribution in [0.15, 0.2) is 42.5 Å². The van der Waals surface area contributed by atoms with E-state index in [-0.39, 0.29) is 30.6 Å². The van der Waals surface area contributed by atoms with Crippen molar-refractivity contribution in [1.82, 2.24) is 0 Å². The van der Waals surface area contributed by atoms with Gasteiger partial charge in [0.2, 0.25) is 6.79 Å². The number of carbonyl (C=O) groups is 1. The minimum absolute atomic E-state index is 0.0765. The number of para-hydroxylation sites is 1. The number of anilines is 1. The predicted octanol–water partition coefficient (Wildman–Crippen LogP) is 2.78. The molecule has 1 N–H and O–H groups in total. The number of hydrogen-bond acceptors (Lipinski definition) is 4. The van der Waals surface area contributed by atoms with Crippen LogP contribution in [0.2, 0.25) is 0 Å². The lowest BCUT2D eigenvalue weighted by atomic mass is 9.92. The van der Waals surface area contributed by atoms with Crippen molar-refractivity contribution in [2.75, 3.05) is 11.7 Å². The summed E-state index contributed by atoms with van der Waals surface area (Å²) in [7, 11) is 0. The Morgan fingerprint density at radius 3 is 2.48 bits per heavy atom. The van der Waals surface area contributed by atoms with Crippen molar-refractivity contribution in [3.63, 3.8) is 0 Å². The first kappa shape index (κ1) is 14.8. The fourth-order valence-corrected chi connectivity index (χ4v) is 4.69. The van der Waals surface area contributed by atoms with E-state index >= 15 is 0 Å². The van der Waals surface area contributed by atoms with Crippen LogP contribution >= 0.6 is 0 Å². The molecule has 0 aromatic heterocycles. The molecule has 0 radical (unpaired) electrons. The number of hydrogen-bond donors (Lipinski definition) is 1. The van der Waals surface area contributed by atoms with Crippen LogP contribution in [0.5, 0.6) is 11.5 Å². The summed E-state index contributed by atoms with van der Waals surface area (Å²) < 4.78 is 11.0. The van der Waals surface area contributed by atoms with Gasteiger partial charge in [-0.15, -0.1) is 0 Å². The standard InChI is InChI=1S/C20H19NO4/c1-2-12-13-8-15-16(25-10-24-15)9-14(13)17-18(12)21(20(23)19(17)22)11-6-4-3-5-7-11/h3-9,12,17-19,22H,2,10H2,1H3/t12-,17-,18+,19-/m0/s1. The first-order valence-corrected chi connectivity index (χ1v) is 8.70. The third kappa shape index (κ3) is 1.90. The molecular formula is C20H19NO4. The van der Waals surface area contributed by atoms with Crippen molar-refractivity contribution in [3.8, 4) is 11.5 Å². The summed E-state index contributed by atoms with van der Waals surface area (Å²) in [4.78, 5) is 14.6. The van der Waals surface area contributed by atoms with Crippen LogP contribution in [0, 0.1) is 0 Å². The summed E-state index contributed by atoms with van der Waals surface area (Å²) in [5.74, 6) is 1.16. The minimum atomic E-state index is -1.03. The molecule has 5 rings (SSSR count). The fourth-order valence-electron chi connectivity index (χ4n) is 4.69. The molecular weight excluding hydrogens is 318 g/mol. The molecule has 25 heavy (non-hydrogen) atoms. The molecule has 0 saturated carbocycles. The van der Waals surface area contributed by atoms with E-state index in [0.29, 0.717) is 5.75 Å². The summed E-state index contributed by atoms with van der Waals surface area (Å²) in [5, 5.41) is 10.7. The monoisotopic (exact) mass is 337 g/mol. The highest BCUT2D eigenvalue weighted by molar-refractivity contribution is 6.01. The zero-order chi connectivity index (χ0) is 17.1. The number of aliphatic hydroxyl groups is 1. The Balaban J connectivity index is 1.67. The van der Waals surface area contributed by atoms with E-state index in [0.717, 1.165) is 29.0 Å². The van der Waals surface area contributed by atoms with Gasteiger partial charge < -0.3 is 19.5 Å². The van der Waals surface area contributed by atoms with E-state index in [2.05, 4.69) is 6.92 Å². The van der Waals surface area contributed by atoms with E-state index in [1.54, 1.807) is 4.90 Å². The van der Waals surface area contributed by atoms with Crippen LogP contribution in [0.3, 0.4) is 0 Å². The van der Waals surface area contributed by atoms with Crippen LogP contribution < -0.4 is 14.4 Å². The molecule has 5 nitrogen and oxygen atoms in total. The zero-order valence-corrected chi connectivity index (χ0v) is 13.9. The van der Waals surface area contributed by atoms with Gasteiger partial charge >= 0.3 is 0 Å². The Hall–Kier alpha value is -2.53. The molecule has 0 unspecified atom stereocenters. The van der Waals surface area contributed by atoms with Gasteiger partial charge in [0.05, 0.1) is 6.04 Å². The molecule has 1 amide bonds. The lowest BCUT2D eigenvalue weighted by Gasteiger charge is -2.29. The van der Waals surface area contributed by atoms with Crippen molar-refractivity contribution in [2.24, 2.45) is 0 Å². The summed E-state index contributed by atoms with van der Waals surface area (Å²) in [6, 6.07) is 13.5. The van der Waals surface area contributed by atoms with Gasteiger partial charge in [-0.2, -0.15) is 0 Å². The topological polar surface area (TPSA) is 59.0 Å². The van der Waals surface area contributed by atoms with Crippen molar-refractivity contribution >= 4 is 11.6 Å². The van der Waals surface area contributed by atoms with Gasteiger partial charge in [-0.05, 0) is 41.8 Å². The molecule has 0 bridgehead atoms. The smallest absolute Gasteiger partial charge is 0.256 e. The summed E-state index contributed by atoms with van der Waals surface area (Å²) in [6.07, 6.45) is -0.141. The number of rotatable bonds is 2. The number of aliphatic hydroxyl groups excluding tert-OH is 1. The first-order chi connectivity index (χ1) is 12.2. The normalized spacial score (nSPS) is 29.0. The molecule has 5 heteroatoms. The number of fused-ring (bicyclic) bond motifs is 4. The van der Waals surface area contributed by atoms with Crippen molar-refractivity contribution < 1.29 is 19.4 Å². The van der Waals surface area contributed by atoms with Gasteiger partial charge in [-0.25, -0.2) is 0 Å². The summed E-state index contributed by atoms with van der Waals surface area (Å²) >= 11 is 0. The second kappa shape index (κ2) is 5.23. The van der Waals surface area contributed by atoms with E-state index in [1.807, 2.05) is 42.5 Å². The average Bonchev–Trinajstić information content (AvgIpc) is 3.28. The van der Waals surface area contributed by atoms with Gasteiger partial charge in [-0.1, -0.05) is 25.1 Å². The second-order valence-electron chi connectivity index (χ2n) is 6.85. The molecule has 2 aliphatic heterocycles. The Kier molecular flexibility index (Phi) is 3.09. The highest BCUT2D eigenvalue weighted by Crippen LogP contribution is 2.55. The third-order valence-electron chi connectivity index (χ3n) is 5.72. The molecule has 2 aromatic rings. The van der Waals surface area contributed by atoms with E-state index in [1.165, 1.54) is 0 Å². The summed E-state index contributed by atoms with van der Waals surface area (Å²) in [5.41, 5.74) is 3.01. The number of carbonyl (C=O) groups excluding carboxylic acids is 1. The maximum absolute atomic E-state index is 12.8. The molecule has 1 aliphatic carbocycles. The van der Waals surface area contributed by atoms with Crippen molar-refractivity contribution in [1.29, 1.82) is 0 Å². The fraction of sp³-hybridized carbons (Fsp3) is 0.350. The molecule has 0 spiro atoms. The van der Waals surface area contributed by atoms with E-state index < -0.39 is 6.10 Å². The minimum Gasteiger partial charge on any atom is -0.454 e. The summed E-state index contributed by atoms with van der Waals surface area (Å²) in [6.45, 7) is 2.35. The highest BCUT2D eigenvalue weighted by atomic mass is 16.7. The average molecular weight is 337 g/mol. The Morgan fingerprint density at radius 2 is 1.80 bits per heavy atom. The van der Waals surface area contributed by atoms with Gasteiger partial charge in [0.15, 0.2) is 11.5 Å². The van der Waals surface area contributed by atoms with Gasteiger partial charge in [0.25, 0.3) is 5.91 Å². The van der Waals surface area contributed by atoms with Crippen LogP contribution in [-0.2, 0) is 4.79 Å². The molecule has 1 saturated heterocycles. The number of nitrogens with zero attached hydrogens (tertiary/aromatic N) is 1. The lowest BCUT2D eigenvalue weighted by molar-refractivity contribution is -0.124. The zero-order valence-electron chi connectivity index (χ0n) is 13.9. The molecule has 4 atom stereocenters. The van der Waals surface area contributed by atoms with E-state index in [4.69, 9.17) is 9.47 Å².